The third-order valence-corrected chi connectivity index (χ3v) is 4.31. The number of hydrogen-bond acceptors (Lipinski definition) is 3. The van der Waals surface area contributed by atoms with Gasteiger partial charge < -0.3 is 9.47 Å². The highest BCUT2D eigenvalue weighted by molar-refractivity contribution is 5.91. The fourth-order valence-corrected chi connectivity index (χ4v) is 2.77. The molecule has 2 rings (SSSR count). The number of esters is 1. The van der Waals surface area contributed by atoms with E-state index in [1.165, 1.54) is 44.9 Å². The topological polar surface area (TPSA) is 35.5 Å². The average Bonchev–Trinajstić information content (AvgIpc) is 2.68. The molecule has 0 heterocycles. The monoisotopic (exact) mass is 354 g/mol. The summed E-state index contributed by atoms with van der Waals surface area (Å²) in [5.41, 5.74) is 0.522. The molecule has 0 aliphatic carbocycles. The van der Waals surface area contributed by atoms with Crippen LogP contribution < -0.4 is 9.47 Å². The summed E-state index contributed by atoms with van der Waals surface area (Å²) < 4.78 is 11.1. The molecular formula is C23H30O3. The lowest BCUT2D eigenvalue weighted by molar-refractivity contribution is 0.0734. The van der Waals surface area contributed by atoms with Crippen molar-refractivity contribution in [2.24, 2.45) is 0 Å². The van der Waals surface area contributed by atoms with Crippen molar-refractivity contribution in [2.75, 3.05) is 6.61 Å². The van der Waals surface area contributed by atoms with Crippen LogP contribution in [0.4, 0.5) is 0 Å². The Kier molecular flexibility index (Phi) is 9.34. The Bertz CT molecular complexity index is 620. The lowest BCUT2D eigenvalue weighted by Crippen LogP contribution is -2.08. The maximum atomic E-state index is 12.1. The Hall–Kier alpha value is -2.29. The molecule has 0 atom stereocenters. The molecule has 2 aromatic carbocycles. The van der Waals surface area contributed by atoms with Crippen LogP contribution >= 0.6 is 0 Å². The van der Waals surface area contributed by atoms with Crippen molar-refractivity contribution < 1.29 is 14.3 Å². The number of rotatable bonds is 12. The Morgan fingerprint density at radius 2 is 1.35 bits per heavy atom. The number of carbonyl (C=O) groups excluding carboxylic acids is 1. The van der Waals surface area contributed by atoms with Crippen LogP contribution in [0.25, 0.3) is 0 Å². The van der Waals surface area contributed by atoms with Gasteiger partial charge in [-0.3, -0.25) is 0 Å². The molecule has 140 valence electrons. The summed E-state index contributed by atoms with van der Waals surface area (Å²) >= 11 is 0. The van der Waals surface area contributed by atoms with Gasteiger partial charge in [0.05, 0.1) is 12.2 Å². The number of hydrogen-bond donors (Lipinski definition) is 0. The first-order chi connectivity index (χ1) is 12.8. The third-order valence-electron chi connectivity index (χ3n) is 4.31. The molecule has 0 fully saturated rings. The third kappa shape index (κ3) is 7.73. The smallest absolute Gasteiger partial charge is 0.343 e. The Balaban J connectivity index is 1.62. The Morgan fingerprint density at radius 3 is 2.00 bits per heavy atom. The largest absolute Gasteiger partial charge is 0.494 e. The van der Waals surface area contributed by atoms with Crippen molar-refractivity contribution in [1.29, 1.82) is 0 Å². The maximum absolute atomic E-state index is 12.1. The zero-order valence-electron chi connectivity index (χ0n) is 15.8. The second-order valence-corrected chi connectivity index (χ2v) is 6.55. The van der Waals surface area contributed by atoms with Crippen molar-refractivity contribution in [3.05, 3.63) is 60.2 Å². The molecule has 0 radical (unpaired) electrons. The minimum Gasteiger partial charge on any atom is -0.494 e. The molecule has 0 saturated heterocycles. The number of ether oxygens (including phenoxy) is 2. The van der Waals surface area contributed by atoms with Crippen LogP contribution in [0.5, 0.6) is 11.5 Å². The van der Waals surface area contributed by atoms with Gasteiger partial charge in [0, 0.05) is 0 Å². The quantitative estimate of drug-likeness (QED) is 0.250. The second kappa shape index (κ2) is 12.1. The van der Waals surface area contributed by atoms with E-state index in [1.54, 1.807) is 24.3 Å². The van der Waals surface area contributed by atoms with E-state index in [1.807, 2.05) is 30.3 Å². The summed E-state index contributed by atoms with van der Waals surface area (Å²) in [6.07, 6.45) is 10.3. The van der Waals surface area contributed by atoms with Crippen molar-refractivity contribution in [2.45, 2.75) is 58.3 Å². The Labute approximate surface area is 157 Å². The van der Waals surface area contributed by atoms with Crippen molar-refractivity contribution >= 4 is 5.97 Å². The Morgan fingerprint density at radius 1 is 0.731 bits per heavy atom. The molecular weight excluding hydrogens is 324 g/mol. The summed E-state index contributed by atoms with van der Waals surface area (Å²) in [6.45, 7) is 2.97. The predicted molar refractivity (Wildman–Crippen MR) is 106 cm³/mol. The summed E-state index contributed by atoms with van der Waals surface area (Å²) in [4.78, 5) is 12.1. The summed E-state index contributed by atoms with van der Waals surface area (Å²) in [5.74, 6) is 0.988. The SMILES string of the molecule is CCCCCCCCCCOc1ccc(C(=O)Oc2ccccc2)cc1. The van der Waals surface area contributed by atoms with E-state index in [2.05, 4.69) is 6.92 Å². The number of unbranched alkanes of at least 4 members (excludes halogenated alkanes) is 7. The highest BCUT2D eigenvalue weighted by Gasteiger charge is 2.08. The summed E-state index contributed by atoms with van der Waals surface area (Å²) in [7, 11) is 0. The van der Waals surface area contributed by atoms with Crippen molar-refractivity contribution in [1.82, 2.24) is 0 Å². The van der Waals surface area contributed by atoms with Gasteiger partial charge in [0.25, 0.3) is 0 Å². The predicted octanol–water partition coefficient (Wildman–Crippen LogP) is 6.43. The van der Waals surface area contributed by atoms with E-state index in [-0.39, 0.29) is 5.97 Å². The maximum Gasteiger partial charge on any atom is 0.343 e. The molecule has 3 nitrogen and oxygen atoms in total. The molecule has 3 heteroatoms. The van der Waals surface area contributed by atoms with Gasteiger partial charge in [-0.25, -0.2) is 4.79 Å². The van der Waals surface area contributed by atoms with Crippen molar-refractivity contribution in [3.8, 4) is 11.5 Å². The number of para-hydroxylation sites is 1. The second-order valence-electron chi connectivity index (χ2n) is 6.55. The molecule has 26 heavy (non-hydrogen) atoms. The standard InChI is InChI=1S/C23H30O3/c1-2-3-4-5-6-7-8-12-19-25-21-17-15-20(16-18-21)23(24)26-22-13-10-9-11-14-22/h9-11,13-18H,2-8,12,19H2,1H3. The van der Waals surface area contributed by atoms with Crippen molar-refractivity contribution in [3.63, 3.8) is 0 Å². The number of benzene rings is 2. The fourth-order valence-electron chi connectivity index (χ4n) is 2.77. The lowest BCUT2D eigenvalue weighted by atomic mass is 10.1. The number of carbonyl (C=O) groups is 1. The lowest BCUT2D eigenvalue weighted by Gasteiger charge is -2.08. The van der Waals surface area contributed by atoms with Gasteiger partial charge in [0.15, 0.2) is 0 Å². The molecule has 0 unspecified atom stereocenters. The van der Waals surface area contributed by atoms with Gasteiger partial charge in [-0.05, 0) is 42.8 Å². The molecule has 0 N–H and O–H groups in total. The van der Waals surface area contributed by atoms with Gasteiger partial charge in [-0.15, -0.1) is 0 Å². The molecule has 0 aliphatic rings. The van der Waals surface area contributed by atoms with Gasteiger partial charge in [-0.1, -0.05) is 70.1 Å². The van der Waals surface area contributed by atoms with E-state index in [0.29, 0.717) is 11.3 Å². The zero-order valence-corrected chi connectivity index (χ0v) is 15.8. The van der Waals surface area contributed by atoms with Crippen LogP contribution in [0.3, 0.4) is 0 Å². The highest BCUT2D eigenvalue weighted by Crippen LogP contribution is 2.16. The van der Waals surface area contributed by atoms with E-state index in [0.717, 1.165) is 18.8 Å². The molecule has 0 amide bonds. The minimum atomic E-state index is -0.356. The molecule has 0 bridgehead atoms. The average molecular weight is 354 g/mol. The van der Waals surface area contributed by atoms with Gasteiger partial charge in [-0.2, -0.15) is 0 Å². The first-order valence-corrected chi connectivity index (χ1v) is 9.79. The first-order valence-electron chi connectivity index (χ1n) is 9.79. The van der Waals surface area contributed by atoms with Gasteiger partial charge in [0.1, 0.15) is 11.5 Å². The molecule has 0 aliphatic heterocycles. The molecule has 2 aromatic rings. The van der Waals surface area contributed by atoms with Crippen LogP contribution in [0.2, 0.25) is 0 Å². The zero-order chi connectivity index (χ0) is 18.5. The van der Waals surface area contributed by atoms with Crippen LogP contribution in [0.15, 0.2) is 54.6 Å². The normalized spacial score (nSPS) is 10.5. The van der Waals surface area contributed by atoms with E-state index >= 15 is 0 Å². The van der Waals surface area contributed by atoms with Crippen LogP contribution in [0.1, 0.15) is 68.6 Å². The molecule has 0 spiro atoms. The first kappa shape index (κ1) is 20.0. The van der Waals surface area contributed by atoms with Gasteiger partial charge >= 0.3 is 5.97 Å². The minimum absolute atomic E-state index is 0.356. The summed E-state index contributed by atoms with van der Waals surface area (Å²) in [5, 5.41) is 0. The highest BCUT2D eigenvalue weighted by atomic mass is 16.5. The van der Waals surface area contributed by atoms with Crippen LogP contribution in [-0.2, 0) is 0 Å². The molecule has 0 saturated carbocycles. The van der Waals surface area contributed by atoms with E-state index in [9.17, 15) is 4.79 Å². The summed E-state index contributed by atoms with van der Waals surface area (Å²) in [6, 6.07) is 16.2. The van der Waals surface area contributed by atoms with E-state index in [4.69, 9.17) is 9.47 Å². The molecule has 0 aromatic heterocycles. The van der Waals surface area contributed by atoms with E-state index < -0.39 is 0 Å². The van der Waals surface area contributed by atoms with Crippen LogP contribution in [0, 0.1) is 0 Å². The van der Waals surface area contributed by atoms with Gasteiger partial charge in [0.2, 0.25) is 0 Å². The fraction of sp³-hybridized carbons (Fsp3) is 0.435. The van der Waals surface area contributed by atoms with Crippen LogP contribution in [-0.4, -0.2) is 12.6 Å².